The first-order valence-electron chi connectivity index (χ1n) is 11.9. The first kappa shape index (κ1) is 21.4. The molecule has 2 atom stereocenters. The Bertz CT molecular complexity index is 1040. The van der Waals surface area contributed by atoms with Crippen molar-refractivity contribution in [3.05, 3.63) is 58.9 Å². The molecule has 3 fully saturated rings. The molecule has 2 aromatic carbocycles. The van der Waals surface area contributed by atoms with E-state index in [9.17, 15) is 9.90 Å². The van der Waals surface area contributed by atoms with Gasteiger partial charge in [-0.25, -0.2) is 4.39 Å². The number of piperidine rings is 3. The third-order valence-corrected chi connectivity index (χ3v) is 8.02. The smallest absolute Gasteiger partial charge is 0.137 e. The van der Waals surface area contributed by atoms with Crippen molar-refractivity contribution in [1.29, 1.82) is 0 Å². The SMILES string of the molecule is CCc1cccc(-c2cc3c(cc2F)[C@H](N(C(=O)[O-])[C@@H]2CN4CCC2CC4)C(C)(C)C3)c1. The molecule has 4 nitrogen and oxygen atoms in total. The highest BCUT2D eigenvalue weighted by molar-refractivity contribution is 5.69. The molecule has 0 aromatic heterocycles. The van der Waals surface area contributed by atoms with Gasteiger partial charge in [-0.05, 0) is 84.5 Å². The van der Waals surface area contributed by atoms with Crippen LogP contribution in [0.4, 0.5) is 9.18 Å². The Hall–Kier alpha value is -2.40. The minimum atomic E-state index is -1.13. The van der Waals surface area contributed by atoms with Gasteiger partial charge in [-0.15, -0.1) is 0 Å². The highest BCUT2D eigenvalue weighted by Gasteiger charge is 2.48. The van der Waals surface area contributed by atoms with E-state index >= 15 is 4.39 Å². The zero-order valence-corrected chi connectivity index (χ0v) is 19.2. The number of amides is 1. The van der Waals surface area contributed by atoms with Crippen molar-refractivity contribution in [3.63, 3.8) is 0 Å². The van der Waals surface area contributed by atoms with Gasteiger partial charge in [0.15, 0.2) is 0 Å². The van der Waals surface area contributed by atoms with Gasteiger partial charge in [0.1, 0.15) is 11.9 Å². The van der Waals surface area contributed by atoms with Gasteiger partial charge in [-0.1, -0.05) is 45.0 Å². The van der Waals surface area contributed by atoms with Crippen LogP contribution >= 0.6 is 0 Å². The van der Waals surface area contributed by atoms with E-state index < -0.39 is 12.1 Å². The number of rotatable bonds is 4. The molecule has 0 unspecified atom stereocenters. The van der Waals surface area contributed by atoms with Crippen LogP contribution in [0.15, 0.2) is 36.4 Å². The summed E-state index contributed by atoms with van der Waals surface area (Å²) in [7, 11) is 0. The van der Waals surface area contributed by atoms with Crippen LogP contribution in [0.5, 0.6) is 0 Å². The molecule has 0 spiro atoms. The lowest BCUT2D eigenvalue weighted by atomic mass is 9.79. The summed E-state index contributed by atoms with van der Waals surface area (Å²) < 4.78 is 15.5. The zero-order chi connectivity index (χ0) is 22.6. The number of aryl methyl sites for hydroxylation is 1. The molecule has 3 saturated heterocycles. The number of benzene rings is 2. The van der Waals surface area contributed by atoms with E-state index in [1.165, 1.54) is 5.56 Å². The summed E-state index contributed by atoms with van der Waals surface area (Å²) >= 11 is 0. The summed E-state index contributed by atoms with van der Waals surface area (Å²) in [4.78, 5) is 16.4. The van der Waals surface area contributed by atoms with Crippen LogP contribution in [0, 0.1) is 17.2 Å². The van der Waals surface area contributed by atoms with E-state index in [2.05, 4.69) is 31.7 Å². The molecule has 1 amide bonds. The van der Waals surface area contributed by atoms with E-state index in [0.29, 0.717) is 11.5 Å². The number of hydrogen-bond acceptors (Lipinski definition) is 3. The quantitative estimate of drug-likeness (QED) is 0.714. The predicted octanol–water partition coefficient (Wildman–Crippen LogP) is 4.42. The molecular weight excluding hydrogens is 403 g/mol. The van der Waals surface area contributed by atoms with Crippen molar-refractivity contribution < 1.29 is 14.3 Å². The van der Waals surface area contributed by atoms with Crippen LogP contribution in [0.1, 0.15) is 56.3 Å². The van der Waals surface area contributed by atoms with Crippen LogP contribution in [0.25, 0.3) is 11.1 Å². The Balaban J connectivity index is 1.56. The second kappa shape index (κ2) is 7.87. The monoisotopic (exact) mass is 435 g/mol. The van der Waals surface area contributed by atoms with E-state index in [4.69, 9.17) is 0 Å². The van der Waals surface area contributed by atoms with Gasteiger partial charge in [0.2, 0.25) is 0 Å². The molecule has 2 aromatic rings. The van der Waals surface area contributed by atoms with Crippen molar-refractivity contribution in [2.75, 3.05) is 19.6 Å². The second-order valence-electron chi connectivity index (χ2n) is 10.5. The van der Waals surface area contributed by atoms with Crippen LogP contribution in [-0.2, 0) is 12.8 Å². The molecular formula is C27H32FN2O2-. The number of hydrogen-bond donors (Lipinski definition) is 0. The highest BCUT2D eigenvalue weighted by atomic mass is 19.1. The van der Waals surface area contributed by atoms with E-state index in [1.807, 2.05) is 24.3 Å². The highest BCUT2D eigenvalue weighted by Crippen LogP contribution is 2.52. The van der Waals surface area contributed by atoms with E-state index in [0.717, 1.165) is 62.0 Å². The standard InChI is InChI=1S/C27H33FN2O2/c1-4-17-6-5-7-19(12-17)21-13-20-15-27(2,3)25(22(20)14-23(21)28)30(26(31)32)24-16-29-10-8-18(24)9-11-29/h5-7,12-14,18,24-25H,4,8-11,15-16H2,1-3H3,(H,31,32)/p-1/t24-,25+/m1/s1. The maximum atomic E-state index is 15.5. The topological polar surface area (TPSA) is 46.6 Å². The molecule has 1 aliphatic carbocycles. The van der Waals surface area contributed by atoms with Gasteiger partial charge >= 0.3 is 0 Å². The Morgan fingerprint density at radius 3 is 2.59 bits per heavy atom. The average molecular weight is 436 g/mol. The van der Waals surface area contributed by atoms with Crippen LogP contribution in [-0.4, -0.2) is 41.6 Å². The normalized spacial score (nSPS) is 27.9. The molecule has 6 rings (SSSR count). The summed E-state index contributed by atoms with van der Waals surface area (Å²) in [5, 5.41) is 12.5. The molecule has 0 N–H and O–H groups in total. The summed E-state index contributed by atoms with van der Waals surface area (Å²) in [6, 6.07) is 11.1. The first-order chi connectivity index (χ1) is 15.3. The predicted molar refractivity (Wildman–Crippen MR) is 122 cm³/mol. The molecule has 3 heterocycles. The fourth-order valence-electron chi connectivity index (χ4n) is 6.44. The fraction of sp³-hybridized carbons (Fsp3) is 0.519. The Morgan fingerprint density at radius 1 is 1.22 bits per heavy atom. The average Bonchev–Trinajstić information content (AvgIpc) is 3.03. The molecule has 0 radical (unpaired) electrons. The van der Waals surface area contributed by atoms with Crippen molar-refractivity contribution in [1.82, 2.24) is 9.80 Å². The molecule has 5 heteroatoms. The number of carboxylic acid groups (broad SMARTS) is 1. The van der Waals surface area contributed by atoms with Gasteiger partial charge < -0.3 is 19.7 Å². The molecule has 170 valence electrons. The number of halogens is 1. The van der Waals surface area contributed by atoms with Gasteiger partial charge in [-0.3, -0.25) is 0 Å². The Morgan fingerprint density at radius 2 is 1.97 bits per heavy atom. The molecule has 3 aliphatic heterocycles. The van der Waals surface area contributed by atoms with Crippen LogP contribution in [0.2, 0.25) is 0 Å². The van der Waals surface area contributed by atoms with E-state index in [-0.39, 0.29) is 17.3 Å². The maximum absolute atomic E-state index is 15.5. The minimum absolute atomic E-state index is 0.0818. The van der Waals surface area contributed by atoms with Crippen molar-refractivity contribution in [2.45, 2.75) is 58.5 Å². The van der Waals surface area contributed by atoms with Crippen molar-refractivity contribution in [2.24, 2.45) is 11.3 Å². The summed E-state index contributed by atoms with van der Waals surface area (Å²) in [6.07, 6.45) is 2.54. The van der Waals surface area contributed by atoms with E-state index in [1.54, 1.807) is 11.0 Å². The third-order valence-electron chi connectivity index (χ3n) is 8.02. The van der Waals surface area contributed by atoms with Crippen LogP contribution < -0.4 is 5.11 Å². The fourth-order valence-corrected chi connectivity index (χ4v) is 6.44. The maximum Gasteiger partial charge on any atom is 0.137 e. The zero-order valence-electron chi connectivity index (χ0n) is 19.2. The van der Waals surface area contributed by atoms with Crippen LogP contribution in [0.3, 0.4) is 0 Å². The molecule has 4 aliphatic rings. The van der Waals surface area contributed by atoms with Crippen molar-refractivity contribution in [3.8, 4) is 11.1 Å². The lowest BCUT2D eigenvalue weighted by molar-refractivity contribution is -0.276. The second-order valence-corrected chi connectivity index (χ2v) is 10.5. The lowest BCUT2D eigenvalue weighted by Gasteiger charge is -2.53. The van der Waals surface area contributed by atoms with Gasteiger partial charge in [0.05, 0.1) is 6.04 Å². The Labute approximate surface area is 190 Å². The van der Waals surface area contributed by atoms with Gasteiger partial charge in [0.25, 0.3) is 0 Å². The van der Waals surface area contributed by atoms with Crippen molar-refractivity contribution >= 4 is 6.09 Å². The number of carbonyl (C=O) groups excluding carboxylic acids is 1. The van der Waals surface area contributed by atoms with Gasteiger partial charge in [0, 0.05) is 18.2 Å². The van der Waals surface area contributed by atoms with Gasteiger partial charge in [-0.2, -0.15) is 0 Å². The number of fused-ring (bicyclic) bond motifs is 4. The molecule has 32 heavy (non-hydrogen) atoms. The first-order valence-corrected chi connectivity index (χ1v) is 11.9. The minimum Gasteiger partial charge on any atom is -0.530 e. The summed E-state index contributed by atoms with van der Waals surface area (Å²) in [5.74, 6) is 0.0746. The third kappa shape index (κ3) is 3.51. The Kier molecular flexibility index (Phi) is 5.28. The lowest BCUT2D eigenvalue weighted by Crippen LogP contribution is -2.62. The number of carbonyl (C=O) groups is 1. The number of nitrogens with zero attached hydrogens (tertiary/aromatic N) is 2. The summed E-state index contributed by atoms with van der Waals surface area (Å²) in [6.45, 7) is 9.14. The molecule has 0 saturated carbocycles. The summed E-state index contributed by atoms with van der Waals surface area (Å²) in [5.41, 5.74) is 4.17. The molecule has 2 bridgehead atoms. The largest absolute Gasteiger partial charge is 0.530 e.